The van der Waals surface area contributed by atoms with Crippen molar-refractivity contribution < 1.29 is 29.7 Å². The van der Waals surface area contributed by atoms with Crippen LogP contribution in [0.5, 0.6) is 0 Å². The van der Waals surface area contributed by atoms with Crippen molar-refractivity contribution >= 4 is 23.6 Å². The quantitative estimate of drug-likeness (QED) is 0.705. The molecule has 0 aliphatic heterocycles. The Kier molecular flexibility index (Phi) is 5.50. The Balaban J connectivity index is 3.32. The van der Waals surface area contributed by atoms with E-state index in [0.29, 0.717) is 5.69 Å². The summed E-state index contributed by atoms with van der Waals surface area (Å²) in [6.45, 7) is 5.33. The van der Waals surface area contributed by atoms with E-state index in [1.54, 1.807) is 4.90 Å². The van der Waals surface area contributed by atoms with Crippen LogP contribution in [0, 0.1) is 5.92 Å². The van der Waals surface area contributed by atoms with Crippen molar-refractivity contribution in [2.24, 2.45) is 5.92 Å². The minimum Gasteiger partial charge on any atom is -0.481 e. The Morgan fingerprint density at radius 3 is 1.73 bits per heavy atom. The fraction of sp³-hybridized carbons (Fsp3) is 0.400. The van der Waals surface area contributed by atoms with Gasteiger partial charge in [-0.15, -0.1) is 0 Å². The lowest BCUT2D eigenvalue weighted by Crippen LogP contribution is -2.37. The molecule has 0 amide bonds. The topological polar surface area (TPSA) is 115 Å². The van der Waals surface area contributed by atoms with Gasteiger partial charge >= 0.3 is 17.9 Å². The van der Waals surface area contributed by atoms with E-state index in [9.17, 15) is 14.4 Å². The first-order valence-corrected chi connectivity index (χ1v) is 6.74. The molecule has 7 heteroatoms. The Bertz CT molecular complexity index is 563. The Labute approximate surface area is 127 Å². The second-order valence-corrected chi connectivity index (χ2v) is 5.36. The summed E-state index contributed by atoms with van der Waals surface area (Å²) in [5.41, 5.74) is 0.0763. The maximum Gasteiger partial charge on any atom is 0.335 e. The molecule has 1 aromatic rings. The van der Waals surface area contributed by atoms with Crippen molar-refractivity contribution in [2.45, 2.75) is 26.8 Å². The smallest absolute Gasteiger partial charge is 0.335 e. The molecule has 1 aromatic carbocycles. The molecule has 1 atom stereocenters. The predicted octanol–water partition coefficient (Wildman–Crippen LogP) is 2.02. The summed E-state index contributed by atoms with van der Waals surface area (Å²) in [6.07, 6.45) is 0. The summed E-state index contributed by atoms with van der Waals surface area (Å²) in [4.78, 5) is 35.0. The van der Waals surface area contributed by atoms with Gasteiger partial charge in [0.1, 0.15) is 0 Å². The molecule has 3 N–H and O–H groups in total. The molecule has 0 fully saturated rings. The van der Waals surface area contributed by atoms with E-state index in [4.69, 9.17) is 15.3 Å². The van der Waals surface area contributed by atoms with Crippen molar-refractivity contribution in [3.63, 3.8) is 0 Å². The molecule has 22 heavy (non-hydrogen) atoms. The van der Waals surface area contributed by atoms with Gasteiger partial charge in [0.25, 0.3) is 0 Å². The van der Waals surface area contributed by atoms with Crippen LogP contribution in [0.1, 0.15) is 41.5 Å². The number of carboxylic acids is 3. The van der Waals surface area contributed by atoms with E-state index in [1.165, 1.54) is 19.1 Å². The molecule has 0 radical (unpaired) electrons. The number of anilines is 1. The number of rotatable bonds is 7. The van der Waals surface area contributed by atoms with Crippen LogP contribution >= 0.6 is 0 Å². The standard InChI is InChI=1S/C15H19NO6/c1-8(2)16(7-9(3)13(17)18)12-5-10(14(19)20)4-11(6-12)15(21)22/h4-6,8-9H,7H2,1-3H3,(H,17,18)(H,19,20)(H,21,22). The first-order chi connectivity index (χ1) is 10.1. The number of nitrogens with zero attached hydrogens (tertiary/aromatic N) is 1. The molecule has 1 rings (SSSR count). The van der Waals surface area contributed by atoms with Crippen LogP contribution in [0.4, 0.5) is 5.69 Å². The number of hydrogen-bond acceptors (Lipinski definition) is 4. The van der Waals surface area contributed by atoms with Gasteiger partial charge in [-0.25, -0.2) is 9.59 Å². The van der Waals surface area contributed by atoms with Crippen LogP contribution in [0.25, 0.3) is 0 Å². The molecule has 1 unspecified atom stereocenters. The van der Waals surface area contributed by atoms with Crippen LogP contribution < -0.4 is 4.90 Å². The van der Waals surface area contributed by atoms with Crippen LogP contribution in [-0.2, 0) is 4.79 Å². The van der Waals surface area contributed by atoms with Gasteiger partial charge in [-0.3, -0.25) is 4.79 Å². The predicted molar refractivity (Wildman–Crippen MR) is 79.6 cm³/mol. The molecule has 0 aliphatic carbocycles. The van der Waals surface area contributed by atoms with Gasteiger partial charge in [-0.05, 0) is 32.0 Å². The normalized spacial score (nSPS) is 12.0. The molecule has 0 saturated heterocycles. The SMILES string of the molecule is CC(CN(c1cc(C(=O)O)cc(C(=O)O)c1)C(C)C)C(=O)O. The molecule has 0 aromatic heterocycles. The molecule has 0 saturated carbocycles. The molecule has 120 valence electrons. The first kappa shape index (κ1) is 17.5. The highest BCUT2D eigenvalue weighted by Crippen LogP contribution is 2.23. The van der Waals surface area contributed by atoms with Gasteiger partial charge in [0, 0.05) is 18.3 Å². The highest BCUT2D eigenvalue weighted by molar-refractivity contribution is 5.95. The third-order valence-corrected chi connectivity index (χ3v) is 3.26. The first-order valence-electron chi connectivity index (χ1n) is 6.74. The molecular weight excluding hydrogens is 290 g/mol. The summed E-state index contributed by atoms with van der Waals surface area (Å²) < 4.78 is 0. The Hall–Kier alpha value is -2.57. The summed E-state index contributed by atoms with van der Waals surface area (Å²) in [5, 5.41) is 27.2. The second kappa shape index (κ2) is 6.93. The van der Waals surface area contributed by atoms with E-state index in [2.05, 4.69) is 0 Å². The molecule has 0 aliphatic rings. The van der Waals surface area contributed by atoms with Gasteiger partial charge < -0.3 is 20.2 Å². The number of aliphatic carboxylic acids is 1. The average molecular weight is 309 g/mol. The third-order valence-electron chi connectivity index (χ3n) is 3.26. The minimum absolute atomic E-state index is 0.118. The monoisotopic (exact) mass is 309 g/mol. The minimum atomic E-state index is -1.24. The highest BCUT2D eigenvalue weighted by Gasteiger charge is 2.21. The molecular formula is C15H19NO6. The fourth-order valence-electron chi connectivity index (χ4n) is 2.01. The molecule has 0 heterocycles. The van der Waals surface area contributed by atoms with Crippen molar-refractivity contribution in [3.8, 4) is 0 Å². The van der Waals surface area contributed by atoms with Crippen molar-refractivity contribution in [3.05, 3.63) is 29.3 Å². The maximum atomic E-state index is 11.1. The Morgan fingerprint density at radius 1 is 0.955 bits per heavy atom. The third kappa shape index (κ3) is 4.21. The zero-order valence-electron chi connectivity index (χ0n) is 12.6. The van der Waals surface area contributed by atoms with Gasteiger partial charge in [0.2, 0.25) is 0 Å². The Morgan fingerprint density at radius 2 is 1.41 bits per heavy atom. The number of aromatic carboxylic acids is 2. The van der Waals surface area contributed by atoms with Gasteiger partial charge in [0.05, 0.1) is 17.0 Å². The van der Waals surface area contributed by atoms with E-state index in [0.717, 1.165) is 6.07 Å². The van der Waals surface area contributed by atoms with Crippen LogP contribution in [0.3, 0.4) is 0 Å². The van der Waals surface area contributed by atoms with E-state index < -0.39 is 23.8 Å². The molecule has 7 nitrogen and oxygen atoms in total. The summed E-state index contributed by atoms with van der Waals surface area (Å²) >= 11 is 0. The lowest BCUT2D eigenvalue weighted by atomic mass is 10.1. The lowest BCUT2D eigenvalue weighted by Gasteiger charge is -2.31. The van der Waals surface area contributed by atoms with Crippen molar-refractivity contribution in [1.29, 1.82) is 0 Å². The lowest BCUT2D eigenvalue weighted by molar-refractivity contribution is -0.140. The summed E-state index contributed by atoms with van der Waals surface area (Å²) in [7, 11) is 0. The largest absolute Gasteiger partial charge is 0.481 e. The number of carbonyl (C=O) groups is 3. The van der Waals surface area contributed by atoms with Gasteiger partial charge in [-0.1, -0.05) is 6.92 Å². The van der Waals surface area contributed by atoms with Crippen LogP contribution in [0.2, 0.25) is 0 Å². The number of benzene rings is 1. The van der Waals surface area contributed by atoms with Crippen molar-refractivity contribution in [2.75, 3.05) is 11.4 Å². The number of carboxylic acid groups (broad SMARTS) is 3. The average Bonchev–Trinajstić information content (AvgIpc) is 2.43. The summed E-state index contributed by atoms with van der Waals surface area (Å²) in [5.74, 6) is -4.12. The molecule has 0 spiro atoms. The van der Waals surface area contributed by atoms with Gasteiger partial charge in [-0.2, -0.15) is 0 Å². The van der Waals surface area contributed by atoms with E-state index in [1.807, 2.05) is 13.8 Å². The van der Waals surface area contributed by atoms with Crippen LogP contribution in [-0.4, -0.2) is 45.8 Å². The maximum absolute atomic E-state index is 11.1. The highest BCUT2D eigenvalue weighted by atomic mass is 16.4. The van der Waals surface area contributed by atoms with E-state index >= 15 is 0 Å². The van der Waals surface area contributed by atoms with Gasteiger partial charge in [0.15, 0.2) is 0 Å². The number of hydrogen-bond donors (Lipinski definition) is 3. The van der Waals surface area contributed by atoms with E-state index in [-0.39, 0.29) is 23.7 Å². The zero-order valence-corrected chi connectivity index (χ0v) is 12.6. The fourth-order valence-corrected chi connectivity index (χ4v) is 2.01. The van der Waals surface area contributed by atoms with Crippen molar-refractivity contribution in [1.82, 2.24) is 0 Å². The zero-order chi connectivity index (χ0) is 17.0. The van der Waals surface area contributed by atoms with Crippen LogP contribution in [0.15, 0.2) is 18.2 Å². The second-order valence-electron chi connectivity index (χ2n) is 5.36. The summed E-state index contributed by atoms with van der Waals surface area (Å²) in [6, 6.07) is 3.66. The molecule has 0 bridgehead atoms.